The van der Waals surface area contributed by atoms with Gasteiger partial charge in [-0.2, -0.15) is 5.10 Å². The fourth-order valence-corrected chi connectivity index (χ4v) is 2.79. The molecule has 5 nitrogen and oxygen atoms in total. The van der Waals surface area contributed by atoms with E-state index in [-0.39, 0.29) is 6.03 Å². The van der Waals surface area contributed by atoms with Gasteiger partial charge in [0.25, 0.3) is 0 Å². The van der Waals surface area contributed by atoms with E-state index in [4.69, 9.17) is 4.74 Å². The summed E-state index contributed by atoms with van der Waals surface area (Å²) in [4.78, 5) is 11.9. The van der Waals surface area contributed by atoms with Crippen LogP contribution in [0.1, 0.15) is 16.7 Å². The Hall–Kier alpha value is -2.87. The molecule has 142 valence electrons. The molecule has 2 amide bonds. The maximum Gasteiger partial charge on any atom is 0.339 e. The van der Waals surface area contributed by atoms with Gasteiger partial charge in [-0.3, -0.25) is 0 Å². The lowest BCUT2D eigenvalue weighted by Gasteiger charge is -2.07. The molecule has 3 rings (SSSR count). The first kappa shape index (κ1) is 19.9. The summed E-state index contributed by atoms with van der Waals surface area (Å²) >= 11 is 2.28. The smallest absolute Gasteiger partial charge is 0.339 e. The largest absolute Gasteiger partial charge is 0.489 e. The Morgan fingerprint density at radius 2 is 1.75 bits per heavy atom. The van der Waals surface area contributed by atoms with Crippen LogP contribution in [0.15, 0.2) is 77.9 Å². The van der Waals surface area contributed by atoms with Crippen molar-refractivity contribution in [3.8, 4) is 5.75 Å². The predicted octanol–water partition coefficient (Wildman–Crippen LogP) is 5.33. The maximum atomic E-state index is 11.9. The van der Waals surface area contributed by atoms with E-state index < -0.39 is 0 Å². The van der Waals surface area contributed by atoms with Crippen LogP contribution in [-0.2, 0) is 6.61 Å². The number of benzene rings is 3. The predicted molar refractivity (Wildman–Crippen MR) is 121 cm³/mol. The summed E-state index contributed by atoms with van der Waals surface area (Å²) in [6.45, 7) is 2.45. The average molecular weight is 485 g/mol. The van der Waals surface area contributed by atoms with E-state index in [2.05, 4.69) is 62.7 Å². The van der Waals surface area contributed by atoms with Gasteiger partial charge in [-0.15, -0.1) is 0 Å². The monoisotopic (exact) mass is 485 g/mol. The Labute approximate surface area is 178 Å². The molecule has 0 aromatic heterocycles. The molecule has 0 saturated heterocycles. The number of aryl methyl sites for hydroxylation is 1. The summed E-state index contributed by atoms with van der Waals surface area (Å²) in [6.07, 6.45) is 1.58. The number of amides is 2. The van der Waals surface area contributed by atoms with E-state index in [0.717, 1.165) is 28.1 Å². The molecule has 0 aliphatic rings. The molecule has 0 bridgehead atoms. The SMILES string of the molecule is Cc1ccccc1NC(=O)NN=Cc1ccc(OCc2ccc(I)cc2)cc1. The molecule has 0 aliphatic carbocycles. The third-order valence-electron chi connectivity index (χ3n) is 3.97. The van der Waals surface area contributed by atoms with Gasteiger partial charge in [-0.05, 0) is 88.7 Å². The first-order chi connectivity index (χ1) is 13.6. The number of nitrogens with one attached hydrogen (secondary N) is 2. The number of hydrazone groups is 1. The van der Waals surface area contributed by atoms with Crippen LogP contribution in [0.4, 0.5) is 10.5 Å². The highest BCUT2D eigenvalue weighted by Crippen LogP contribution is 2.15. The first-order valence-corrected chi connectivity index (χ1v) is 9.81. The number of urea groups is 1. The second kappa shape index (κ2) is 9.89. The van der Waals surface area contributed by atoms with Gasteiger partial charge < -0.3 is 10.1 Å². The molecule has 0 radical (unpaired) electrons. The number of rotatable bonds is 6. The number of halogens is 1. The Bertz CT molecular complexity index is 954. The number of carbonyl (C=O) groups is 1. The van der Waals surface area contributed by atoms with Crippen LogP contribution in [0.2, 0.25) is 0 Å². The molecule has 0 unspecified atom stereocenters. The zero-order valence-corrected chi connectivity index (χ0v) is 17.5. The van der Waals surface area contributed by atoms with Crippen LogP contribution >= 0.6 is 22.6 Å². The van der Waals surface area contributed by atoms with Crippen molar-refractivity contribution in [2.45, 2.75) is 13.5 Å². The minimum absolute atomic E-state index is 0.386. The lowest BCUT2D eigenvalue weighted by molar-refractivity contribution is 0.252. The number of para-hydroxylation sites is 1. The molecule has 0 saturated carbocycles. The standard InChI is InChI=1S/C22H20IN3O2/c1-16-4-2-3-5-21(16)25-22(27)26-24-14-17-8-12-20(13-9-17)28-15-18-6-10-19(23)11-7-18/h2-14H,15H2,1H3,(H2,25,26,27). The van der Waals surface area contributed by atoms with Gasteiger partial charge >= 0.3 is 6.03 Å². The molecule has 28 heavy (non-hydrogen) atoms. The molecular formula is C22H20IN3O2. The van der Waals surface area contributed by atoms with E-state index in [0.29, 0.717) is 6.61 Å². The number of hydrogen-bond acceptors (Lipinski definition) is 3. The molecule has 0 spiro atoms. The lowest BCUT2D eigenvalue weighted by atomic mass is 10.2. The molecule has 3 aromatic rings. The highest BCUT2D eigenvalue weighted by atomic mass is 127. The molecule has 0 fully saturated rings. The third kappa shape index (κ3) is 6.09. The molecule has 0 atom stereocenters. The van der Waals surface area contributed by atoms with E-state index in [9.17, 15) is 4.79 Å². The Kier molecular flexibility index (Phi) is 7.02. The second-order valence-electron chi connectivity index (χ2n) is 6.12. The van der Waals surface area contributed by atoms with Crippen LogP contribution in [0.3, 0.4) is 0 Å². The minimum atomic E-state index is -0.386. The summed E-state index contributed by atoms with van der Waals surface area (Å²) in [7, 11) is 0. The van der Waals surface area contributed by atoms with Crippen molar-refractivity contribution in [3.63, 3.8) is 0 Å². The number of ether oxygens (including phenoxy) is 1. The van der Waals surface area contributed by atoms with Crippen molar-refractivity contribution in [2.75, 3.05) is 5.32 Å². The van der Waals surface area contributed by atoms with Crippen molar-refractivity contribution < 1.29 is 9.53 Å². The van der Waals surface area contributed by atoms with Gasteiger partial charge in [-0.1, -0.05) is 30.3 Å². The lowest BCUT2D eigenvalue weighted by Crippen LogP contribution is -2.24. The maximum absolute atomic E-state index is 11.9. The number of carbonyl (C=O) groups excluding carboxylic acids is 1. The zero-order chi connectivity index (χ0) is 19.8. The molecule has 0 aliphatic heterocycles. The van der Waals surface area contributed by atoms with Gasteiger partial charge in [0.1, 0.15) is 12.4 Å². The third-order valence-corrected chi connectivity index (χ3v) is 4.69. The van der Waals surface area contributed by atoms with Crippen LogP contribution in [0.25, 0.3) is 0 Å². The normalized spacial score (nSPS) is 10.6. The first-order valence-electron chi connectivity index (χ1n) is 8.73. The van der Waals surface area contributed by atoms with Crippen molar-refractivity contribution in [2.24, 2.45) is 5.10 Å². The number of hydrogen-bond donors (Lipinski definition) is 2. The summed E-state index contributed by atoms with van der Waals surface area (Å²) in [5.41, 5.74) is 6.18. The summed E-state index contributed by atoms with van der Waals surface area (Å²) in [5.74, 6) is 0.779. The highest BCUT2D eigenvalue weighted by molar-refractivity contribution is 14.1. The van der Waals surface area contributed by atoms with E-state index in [1.165, 1.54) is 3.57 Å². The Morgan fingerprint density at radius 3 is 2.46 bits per heavy atom. The highest BCUT2D eigenvalue weighted by Gasteiger charge is 2.02. The Balaban J connectivity index is 1.47. The molecule has 2 N–H and O–H groups in total. The van der Waals surface area contributed by atoms with E-state index >= 15 is 0 Å². The summed E-state index contributed by atoms with van der Waals surface area (Å²) in [6, 6.07) is 22.9. The molecule has 0 heterocycles. The number of nitrogens with zero attached hydrogens (tertiary/aromatic N) is 1. The minimum Gasteiger partial charge on any atom is -0.489 e. The van der Waals surface area contributed by atoms with Gasteiger partial charge in [0.2, 0.25) is 0 Å². The van der Waals surface area contributed by atoms with E-state index in [1.54, 1.807) is 6.21 Å². The van der Waals surface area contributed by atoms with Gasteiger partial charge in [-0.25, -0.2) is 10.2 Å². The second-order valence-corrected chi connectivity index (χ2v) is 7.37. The van der Waals surface area contributed by atoms with Crippen molar-refractivity contribution >= 4 is 40.5 Å². The van der Waals surface area contributed by atoms with Crippen LogP contribution in [0, 0.1) is 10.5 Å². The molecule has 3 aromatic carbocycles. The van der Waals surface area contributed by atoms with Gasteiger partial charge in [0.15, 0.2) is 0 Å². The van der Waals surface area contributed by atoms with Gasteiger partial charge in [0, 0.05) is 9.26 Å². The quantitative estimate of drug-likeness (QED) is 0.282. The van der Waals surface area contributed by atoms with Crippen LogP contribution in [0.5, 0.6) is 5.75 Å². The van der Waals surface area contributed by atoms with Crippen LogP contribution in [-0.4, -0.2) is 12.2 Å². The molecule has 6 heteroatoms. The fourth-order valence-electron chi connectivity index (χ4n) is 2.43. The van der Waals surface area contributed by atoms with Gasteiger partial charge in [0.05, 0.1) is 6.21 Å². The van der Waals surface area contributed by atoms with Crippen molar-refractivity contribution in [1.29, 1.82) is 0 Å². The van der Waals surface area contributed by atoms with E-state index in [1.807, 2.05) is 55.5 Å². The number of anilines is 1. The molecular weight excluding hydrogens is 465 g/mol. The summed E-state index contributed by atoms with van der Waals surface area (Å²) < 4.78 is 6.98. The Morgan fingerprint density at radius 1 is 1.04 bits per heavy atom. The summed E-state index contributed by atoms with van der Waals surface area (Å²) in [5, 5.41) is 6.73. The topological polar surface area (TPSA) is 62.7 Å². The zero-order valence-electron chi connectivity index (χ0n) is 15.4. The fraction of sp³-hybridized carbons (Fsp3) is 0.0909. The average Bonchev–Trinajstić information content (AvgIpc) is 2.70. The van der Waals surface area contributed by atoms with Crippen molar-refractivity contribution in [1.82, 2.24) is 5.43 Å². The van der Waals surface area contributed by atoms with Crippen molar-refractivity contribution in [3.05, 3.63) is 93.1 Å². The van der Waals surface area contributed by atoms with Crippen LogP contribution < -0.4 is 15.5 Å².